The lowest BCUT2D eigenvalue weighted by Crippen LogP contribution is -2.27. The predicted molar refractivity (Wildman–Crippen MR) is 149 cm³/mol. The molecule has 1 aliphatic heterocycles. The normalized spacial score (nSPS) is 14.5. The number of hydrogen-bond acceptors (Lipinski definition) is 5. The molecular formula is C28H24Cl2N2O4S. The van der Waals surface area contributed by atoms with Crippen LogP contribution in [-0.2, 0) is 16.1 Å². The van der Waals surface area contributed by atoms with Crippen molar-refractivity contribution in [2.45, 2.75) is 26.3 Å². The minimum absolute atomic E-state index is 0.00298. The van der Waals surface area contributed by atoms with E-state index in [0.717, 1.165) is 27.9 Å². The quantitative estimate of drug-likeness (QED) is 0.294. The van der Waals surface area contributed by atoms with Gasteiger partial charge in [0, 0.05) is 21.3 Å². The molecule has 4 rings (SSSR count). The zero-order valence-electron chi connectivity index (χ0n) is 20.2. The van der Waals surface area contributed by atoms with Gasteiger partial charge in [0.2, 0.25) is 0 Å². The third kappa shape index (κ3) is 6.55. The highest BCUT2D eigenvalue weighted by Crippen LogP contribution is 2.35. The molecule has 1 heterocycles. The summed E-state index contributed by atoms with van der Waals surface area (Å²) in [5.41, 5.74) is 3.06. The minimum Gasteiger partial charge on any atom is -0.484 e. The van der Waals surface area contributed by atoms with Crippen LogP contribution >= 0.6 is 35.0 Å². The van der Waals surface area contributed by atoms with Crippen LogP contribution in [0.1, 0.15) is 36.5 Å². The van der Waals surface area contributed by atoms with Gasteiger partial charge in [-0.3, -0.25) is 19.3 Å². The second-order valence-corrected chi connectivity index (χ2v) is 10.4. The molecule has 0 bridgehead atoms. The summed E-state index contributed by atoms with van der Waals surface area (Å²) in [5, 5.41) is 3.29. The number of hydrogen-bond donors (Lipinski definition) is 1. The van der Waals surface area contributed by atoms with E-state index in [0.29, 0.717) is 31.8 Å². The molecule has 0 spiro atoms. The molecule has 190 valence electrons. The highest BCUT2D eigenvalue weighted by molar-refractivity contribution is 8.18. The molecule has 1 N–H and O–H groups in total. The van der Waals surface area contributed by atoms with Crippen molar-refractivity contribution in [3.63, 3.8) is 0 Å². The topological polar surface area (TPSA) is 75.7 Å². The van der Waals surface area contributed by atoms with E-state index >= 15 is 0 Å². The fourth-order valence-corrected chi connectivity index (χ4v) is 5.09. The zero-order valence-corrected chi connectivity index (χ0v) is 22.5. The van der Waals surface area contributed by atoms with Gasteiger partial charge in [-0.1, -0.05) is 73.4 Å². The molecule has 9 heteroatoms. The second kappa shape index (κ2) is 11.9. The van der Waals surface area contributed by atoms with Gasteiger partial charge in [-0.2, -0.15) is 0 Å². The molecule has 0 unspecified atom stereocenters. The van der Waals surface area contributed by atoms with E-state index in [4.69, 9.17) is 27.9 Å². The smallest absolute Gasteiger partial charge is 0.293 e. The van der Waals surface area contributed by atoms with Crippen LogP contribution < -0.4 is 10.1 Å². The van der Waals surface area contributed by atoms with Crippen molar-refractivity contribution in [3.8, 4) is 5.75 Å². The first-order valence-corrected chi connectivity index (χ1v) is 13.1. The van der Waals surface area contributed by atoms with Crippen LogP contribution in [0.3, 0.4) is 0 Å². The summed E-state index contributed by atoms with van der Waals surface area (Å²) in [6, 6.07) is 19.6. The van der Waals surface area contributed by atoms with Crippen molar-refractivity contribution in [1.29, 1.82) is 0 Å². The first-order chi connectivity index (χ1) is 17.7. The van der Waals surface area contributed by atoms with Crippen LogP contribution in [0.5, 0.6) is 5.75 Å². The summed E-state index contributed by atoms with van der Waals surface area (Å²) >= 11 is 13.3. The Kier molecular flexibility index (Phi) is 8.59. The summed E-state index contributed by atoms with van der Waals surface area (Å²) < 4.78 is 5.62. The van der Waals surface area contributed by atoms with Gasteiger partial charge in [-0.25, -0.2) is 0 Å². The van der Waals surface area contributed by atoms with Gasteiger partial charge in [0.1, 0.15) is 5.75 Å². The van der Waals surface area contributed by atoms with Gasteiger partial charge in [-0.15, -0.1) is 0 Å². The molecule has 37 heavy (non-hydrogen) atoms. The maximum Gasteiger partial charge on any atom is 0.293 e. The fourth-order valence-electron chi connectivity index (χ4n) is 3.74. The van der Waals surface area contributed by atoms with Crippen LogP contribution in [0.4, 0.5) is 10.5 Å². The van der Waals surface area contributed by atoms with Gasteiger partial charge in [-0.05, 0) is 65.2 Å². The van der Waals surface area contributed by atoms with Gasteiger partial charge in [0.25, 0.3) is 17.1 Å². The van der Waals surface area contributed by atoms with Crippen molar-refractivity contribution >= 4 is 63.8 Å². The Bertz CT molecular complexity index is 1350. The Labute approximate surface area is 229 Å². The number of carbonyl (C=O) groups excluding carboxylic acids is 3. The number of nitrogens with one attached hydrogen (secondary N) is 1. The SMILES string of the molecule is CC(C)c1ccccc1NC(=O)COc1ccc(/C=C2/SC(=O)N(Cc3c(Cl)cccc3Cl)C2=O)cc1. The number of amides is 3. The summed E-state index contributed by atoms with van der Waals surface area (Å²) in [6.45, 7) is 3.99. The van der Waals surface area contributed by atoms with E-state index in [1.165, 1.54) is 0 Å². The van der Waals surface area contributed by atoms with E-state index in [1.807, 2.05) is 24.3 Å². The van der Waals surface area contributed by atoms with Crippen LogP contribution in [0.2, 0.25) is 10.0 Å². The third-order valence-electron chi connectivity index (χ3n) is 5.66. The molecule has 1 fully saturated rings. The molecule has 0 radical (unpaired) electrons. The number of para-hydroxylation sites is 1. The molecular weight excluding hydrogens is 531 g/mol. The Morgan fingerprint density at radius 2 is 1.68 bits per heavy atom. The highest BCUT2D eigenvalue weighted by atomic mass is 35.5. The summed E-state index contributed by atoms with van der Waals surface area (Å²) in [7, 11) is 0. The minimum atomic E-state index is -0.412. The number of anilines is 1. The van der Waals surface area contributed by atoms with Gasteiger partial charge < -0.3 is 10.1 Å². The lowest BCUT2D eigenvalue weighted by atomic mass is 10.0. The van der Waals surface area contributed by atoms with E-state index in [1.54, 1.807) is 48.5 Å². The molecule has 1 aliphatic rings. The lowest BCUT2D eigenvalue weighted by Gasteiger charge is -2.14. The Balaban J connectivity index is 1.36. The van der Waals surface area contributed by atoms with Gasteiger partial charge >= 0.3 is 0 Å². The average molecular weight is 555 g/mol. The van der Waals surface area contributed by atoms with Crippen molar-refractivity contribution in [2.24, 2.45) is 0 Å². The number of rotatable bonds is 8. The van der Waals surface area contributed by atoms with E-state index < -0.39 is 11.1 Å². The van der Waals surface area contributed by atoms with Crippen LogP contribution in [-0.4, -0.2) is 28.6 Å². The van der Waals surface area contributed by atoms with Crippen molar-refractivity contribution < 1.29 is 19.1 Å². The van der Waals surface area contributed by atoms with Crippen molar-refractivity contribution in [3.05, 3.63) is 98.4 Å². The first kappa shape index (κ1) is 26.8. The number of imide groups is 1. The number of carbonyl (C=O) groups is 3. The number of halogens is 2. The molecule has 0 saturated carbocycles. The molecule has 3 aromatic carbocycles. The summed E-state index contributed by atoms with van der Waals surface area (Å²) in [5.74, 6) is 0.111. The molecule has 3 amide bonds. The van der Waals surface area contributed by atoms with Gasteiger partial charge in [0.05, 0.1) is 11.4 Å². The maximum absolute atomic E-state index is 12.9. The monoisotopic (exact) mass is 554 g/mol. The largest absolute Gasteiger partial charge is 0.484 e. The van der Waals surface area contributed by atoms with Crippen LogP contribution in [0, 0.1) is 0 Å². The van der Waals surface area contributed by atoms with Crippen LogP contribution in [0.15, 0.2) is 71.6 Å². The molecule has 0 aliphatic carbocycles. The number of nitrogens with zero attached hydrogens (tertiary/aromatic N) is 1. The molecule has 0 atom stereocenters. The van der Waals surface area contributed by atoms with E-state index in [2.05, 4.69) is 19.2 Å². The number of thioether (sulfide) groups is 1. The molecule has 0 aromatic heterocycles. The summed E-state index contributed by atoms with van der Waals surface area (Å²) in [6.07, 6.45) is 1.64. The highest BCUT2D eigenvalue weighted by Gasteiger charge is 2.35. The first-order valence-electron chi connectivity index (χ1n) is 11.5. The standard InChI is InChI=1S/C28H24Cl2N2O4S/c1-17(2)20-6-3-4-9-24(20)31-26(33)16-36-19-12-10-18(11-13-19)14-25-27(34)32(28(35)37-25)15-21-22(29)7-5-8-23(21)30/h3-14,17H,15-16H2,1-2H3,(H,31,33)/b25-14+. The molecule has 6 nitrogen and oxygen atoms in total. The van der Waals surface area contributed by atoms with Crippen molar-refractivity contribution in [1.82, 2.24) is 4.90 Å². The lowest BCUT2D eigenvalue weighted by molar-refractivity contribution is -0.123. The summed E-state index contributed by atoms with van der Waals surface area (Å²) in [4.78, 5) is 39.2. The zero-order chi connectivity index (χ0) is 26.5. The fraction of sp³-hybridized carbons (Fsp3) is 0.179. The third-order valence-corrected chi connectivity index (χ3v) is 7.27. The second-order valence-electron chi connectivity index (χ2n) is 8.62. The maximum atomic E-state index is 12.9. The Morgan fingerprint density at radius 1 is 1.00 bits per heavy atom. The van der Waals surface area contributed by atoms with E-state index in [-0.39, 0.29) is 25.0 Å². The average Bonchev–Trinajstić information content (AvgIpc) is 3.13. The van der Waals surface area contributed by atoms with Crippen LogP contribution in [0.25, 0.3) is 6.08 Å². The predicted octanol–water partition coefficient (Wildman–Crippen LogP) is 7.37. The number of benzene rings is 3. The Morgan fingerprint density at radius 3 is 2.35 bits per heavy atom. The van der Waals surface area contributed by atoms with E-state index in [9.17, 15) is 14.4 Å². The Hall–Kier alpha value is -3.26. The molecule has 3 aromatic rings. The number of ether oxygens (including phenoxy) is 1. The van der Waals surface area contributed by atoms with Crippen molar-refractivity contribution in [2.75, 3.05) is 11.9 Å². The van der Waals surface area contributed by atoms with Gasteiger partial charge in [0.15, 0.2) is 6.61 Å². The molecule has 1 saturated heterocycles.